The van der Waals surface area contributed by atoms with E-state index in [2.05, 4.69) is 10.3 Å². The van der Waals surface area contributed by atoms with Crippen LogP contribution >= 0.6 is 11.8 Å². The van der Waals surface area contributed by atoms with Crippen molar-refractivity contribution in [3.8, 4) is 17.2 Å². The number of nitrogens with one attached hydrogen (secondary N) is 1. The average Bonchev–Trinajstić information content (AvgIpc) is 3.21. The zero-order valence-corrected chi connectivity index (χ0v) is 17.8. The summed E-state index contributed by atoms with van der Waals surface area (Å²) in [5, 5.41) is 3.80. The van der Waals surface area contributed by atoms with Gasteiger partial charge in [0, 0.05) is 23.6 Å². The standard InChI is InChI=1S/C22H25N3O3S/c1-15-5-10-20(28-4)19(13-15)16(2)24-21(26)14-29-22-23-11-12-25(22)17-6-8-18(27-3)9-7-17/h5-13,16H,14H2,1-4H3,(H,24,26)/t16-/m0/s1. The van der Waals surface area contributed by atoms with Gasteiger partial charge < -0.3 is 14.8 Å². The molecule has 6 nitrogen and oxygen atoms in total. The number of amides is 1. The molecule has 2 aromatic carbocycles. The first-order chi connectivity index (χ1) is 14.0. The summed E-state index contributed by atoms with van der Waals surface area (Å²) in [6.07, 6.45) is 3.60. The zero-order chi connectivity index (χ0) is 20.8. The van der Waals surface area contributed by atoms with Crippen LogP contribution in [-0.4, -0.2) is 35.4 Å². The van der Waals surface area contributed by atoms with Crippen LogP contribution in [0.3, 0.4) is 0 Å². The maximum atomic E-state index is 12.5. The maximum absolute atomic E-state index is 12.5. The van der Waals surface area contributed by atoms with Gasteiger partial charge in [0.15, 0.2) is 5.16 Å². The molecule has 0 saturated carbocycles. The van der Waals surface area contributed by atoms with Gasteiger partial charge in [-0.05, 0) is 44.2 Å². The third-order valence-electron chi connectivity index (χ3n) is 4.52. The van der Waals surface area contributed by atoms with Gasteiger partial charge in [-0.2, -0.15) is 0 Å². The van der Waals surface area contributed by atoms with E-state index in [-0.39, 0.29) is 17.7 Å². The monoisotopic (exact) mass is 411 g/mol. The van der Waals surface area contributed by atoms with E-state index in [9.17, 15) is 4.79 Å². The Bertz CT molecular complexity index is 970. The summed E-state index contributed by atoms with van der Waals surface area (Å²) >= 11 is 1.39. The number of carbonyl (C=O) groups excluding carboxylic acids is 1. The number of methoxy groups -OCH3 is 2. The summed E-state index contributed by atoms with van der Waals surface area (Å²) in [5.41, 5.74) is 3.05. The molecule has 1 heterocycles. The fourth-order valence-corrected chi connectivity index (χ4v) is 3.80. The Morgan fingerprint density at radius 3 is 2.62 bits per heavy atom. The van der Waals surface area contributed by atoms with E-state index in [1.807, 2.05) is 67.1 Å². The van der Waals surface area contributed by atoms with Crippen molar-refractivity contribution < 1.29 is 14.3 Å². The highest BCUT2D eigenvalue weighted by molar-refractivity contribution is 7.99. The summed E-state index contributed by atoms with van der Waals surface area (Å²) < 4.78 is 12.6. The van der Waals surface area contributed by atoms with Gasteiger partial charge in [0.1, 0.15) is 11.5 Å². The predicted octanol–water partition coefficient (Wildman–Crippen LogP) is 4.17. The summed E-state index contributed by atoms with van der Waals surface area (Å²) in [6, 6.07) is 13.5. The molecule has 3 aromatic rings. The van der Waals surface area contributed by atoms with Crippen LogP contribution in [0.25, 0.3) is 5.69 Å². The van der Waals surface area contributed by atoms with E-state index in [1.165, 1.54) is 11.8 Å². The molecule has 152 valence electrons. The second kappa shape index (κ2) is 9.52. The predicted molar refractivity (Wildman–Crippen MR) is 115 cm³/mol. The van der Waals surface area contributed by atoms with Gasteiger partial charge >= 0.3 is 0 Å². The molecule has 1 atom stereocenters. The highest BCUT2D eigenvalue weighted by Gasteiger charge is 2.15. The quantitative estimate of drug-likeness (QED) is 0.564. The van der Waals surface area contributed by atoms with E-state index in [4.69, 9.17) is 9.47 Å². The van der Waals surface area contributed by atoms with Crippen LogP contribution in [0.5, 0.6) is 11.5 Å². The van der Waals surface area contributed by atoms with Crippen LogP contribution in [0.1, 0.15) is 24.1 Å². The first-order valence-corrected chi connectivity index (χ1v) is 10.2. The van der Waals surface area contributed by atoms with Gasteiger partial charge in [-0.1, -0.05) is 29.5 Å². The number of ether oxygens (including phenoxy) is 2. The van der Waals surface area contributed by atoms with Crippen LogP contribution in [-0.2, 0) is 4.79 Å². The number of nitrogens with zero attached hydrogens (tertiary/aromatic N) is 2. The minimum Gasteiger partial charge on any atom is -0.497 e. The number of hydrogen-bond acceptors (Lipinski definition) is 5. The van der Waals surface area contributed by atoms with Crippen molar-refractivity contribution in [1.29, 1.82) is 0 Å². The number of aryl methyl sites for hydroxylation is 1. The second-order valence-corrected chi connectivity index (χ2v) is 7.54. The van der Waals surface area contributed by atoms with Gasteiger partial charge in [0.2, 0.25) is 5.91 Å². The molecule has 1 N–H and O–H groups in total. The van der Waals surface area contributed by atoms with Crippen molar-refractivity contribution in [2.45, 2.75) is 25.0 Å². The van der Waals surface area contributed by atoms with Gasteiger partial charge in [0.25, 0.3) is 0 Å². The Hall–Kier alpha value is -2.93. The number of thioether (sulfide) groups is 1. The first-order valence-electron chi connectivity index (χ1n) is 9.26. The molecule has 0 unspecified atom stereocenters. The Morgan fingerprint density at radius 2 is 1.93 bits per heavy atom. The number of rotatable bonds is 8. The lowest BCUT2D eigenvalue weighted by Crippen LogP contribution is -2.28. The van der Waals surface area contributed by atoms with Crippen molar-refractivity contribution in [3.63, 3.8) is 0 Å². The fraction of sp³-hybridized carbons (Fsp3) is 0.273. The summed E-state index contributed by atoms with van der Waals surface area (Å²) in [7, 11) is 3.27. The second-order valence-electron chi connectivity index (χ2n) is 6.60. The molecule has 29 heavy (non-hydrogen) atoms. The molecule has 3 rings (SSSR count). The van der Waals surface area contributed by atoms with Crippen LogP contribution in [0, 0.1) is 6.92 Å². The zero-order valence-electron chi connectivity index (χ0n) is 17.0. The van der Waals surface area contributed by atoms with Crippen molar-refractivity contribution >= 4 is 17.7 Å². The number of benzene rings is 2. The van der Waals surface area contributed by atoms with E-state index in [0.717, 1.165) is 33.5 Å². The Balaban J connectivity index is 1.63. The summed E-state index contributed by atoms with van der Waals surface area (Å²) in [4.78, 5) is 16.9. The van der Waals surface area contributed by atoms with Gasteiger partial charge in [-0.3, -0.25) is 9.36 Å². The average molecular weight is 412 g/mol. The highest BCUT2D eigenvalue weighted by Crippen LogP contribution is 2.27. The van der Waals surface area contributed by atoms with Crippen molar-refractivity contribution in [3.05, 3.63) is 66.0 Å². The molecule has 0 bridgehead atoms. The molecule has 0 aliphatic heterocycles. The SMILES string of the molecule is COc1ccc(-n2ccnc2SCC(=O)N[C@@H](C)c2cc(C)ccc2OC)cc1. The normalized spacial score (nSPS) is 11.7. The van der Waals surface area contributed by atoms with E-state index < -0.39 is 0 Å². The maximum Gasteiger partial charge on any atom is 0.230 e. The van der Waals surface area contributed by atoms with Gasteiger partial charge in [-0.15, -0.1) is 0 Å². The largest absolute Gasteiger partial charge is 0.497 e. The molecule has 7 heteroatoms. The molecule has 0 aliphatic carbocycles. The Kier molecular flexibility index (Phi) is 6.82. The smallest absolute Gasteiger partial charge is 0.230 e. The number of imidazole rings is 1. The number of aromatic nitrogens is 2. The molecule has 0 aliphatic rings. The van der Waals surface area contributed by atoms with Crippen LogP contribution < -0.4 is 14.8 Å². The number of carbonyl (C=O) groups is 1. The number of hydrogen-bond donors (Lipinski definition) is 1. The molecule has 1 aromatic heterocycles. The molecular weight excluding hydrogens is 386 g/mol. The Morgan fingerprint density at radius 1 is 1.17 bits per heavy atom. The van der Waals surface area contributed by atoms with E-state index in [1.54, 1.807) is 20.4 Å². The van der Waals surface area contributed by atoms with Crippen LogP contribution in [0.15, 0.2) is 60.0 Å². The fourth-order valence-electron chi connectivity index (χ4n) is 3.02. The van der Waals surface area contributed by atoms with Gasteiger partial charge in [0.05, 0.1) is 26.0 Å². The molecule has 0 spiro atoms. The molecule has 0 saturated heterocycles. The topological polar surface area (TPSA) is 65.4 Å². The highest BCUT2D eigenvalue weighted by atomic mass is 32.2. The van der Waals surface area contributed by atoms with Crippen molar-refractivity contribution in [2.75, 3.05) is 20.0 Å². The molecule has 0 radical (unpaired) electrons. The third kappa shape index (κ3) is 5.12. The lowest BCUT2D eigenvalue weighted by atomic mass is 10.0. The van der Waals surface area contributed by atoms with Crippen LogP contribution in [0.4, 0.5) is 0 Å². The first kappa shape index (κ1) is 20.8. The molecular formula is C22H25N3O3S. The van der Waals surface area contributed by atoms with Crippen molar-refractivity contribution in [1.82, 2.24) is 14.9 Å². The van der Waals surface area contributed by atoms with Crippen LogP contribution in [0.2, 0.25) is 0 Å². The Labute approximate surface area is 175 Å². The third-order valence-corrected chi connectivity index (χ3v) is 5.49. The minimum absolute atomic E-state index is 0.0599. The van der Waals surface area contributed by atoms with E-state index in [0.29, 0.717) is 0 Å². The lowest BCUT2D eigenvalue weighted by Gasteiger charge is -2.18. The lowest BCUT2D eigenvalue weighted by molar-refractivity contribution is -0.119. The van der Waals surface area contributed by atoms with Gasteiger partial charge in [-0.25, -0.2) is 4.98 Å². The molecule has 1 amide bonds. The summed E-state index contributed by atoms with van der Waals surface area (Å²) in [5.74, 6) is 1.77. The minimum atomic E-state index is -0.153. The van der Waals surface area contributed by atoms with Crippen molar-refractivity contribution in [2.24, 2.45) is 0 Å². The van der Waals surface area contributed by atoms with E-state index >= 15 is 0 Å². The summed E-state index contributed by atoms with van der Waals surface area (Å²) in [6.45, 7) is 3.98. The molecule has 0 fully saturated rings.